The normalized spacial score (nSPS) is 13.1. The maximum absolute atomic E-state index is 11.8. The van der Waals surface area contributed by atoms with E-state index in [1.165, 1.54) is 0 Å². The number of unbranched alkanes of at least 4 members (excludes halogenated alkanes) is 2. The molecule has 0 heterocycles. The van der Waals surface area contributed by atoms with E-state index in [-0.39, 0.29) is 12.2 Å². The minimum Gasteiger partial charge on any atom is -0.480 e. The summed E-state index contributed by atoms with van der Waals surface area (Å²) < 4.78 is 23.7. The summed E-state index contributed by atoms with van der Waals surface area (Å²) in [6, 6.07) is 0. The molecule has 0 saturated carbocycles. The summed E-state index contributed by atoms with van der Waals surface area (Å²) >= 11 is 1.13. The molecule has 1 N–H and O–H groups in total. The van der Waals surface area contributed by atoms with Crippen LogP contribution in [0.5, 0.6) is 0 Å². The van der Waals surface area contributed by atoms with Crippen LogP contribution in [0.25, 0.3) is 0 Å². The van der Waals surface area contributed by atoms with Crippen molar-refractivity contribution in [3.8, 4) is 0 Å². The number of hydrogen-bond acceptors (Lipinski definition) is 2. The molecule has 0 aromatic carbocycles. The van der Waals surface area contributed by atoms with Crippen molar-refractivity contribution in [3.05, 3.63) is 0 Å². The third kappa shape index (κ3) is 8.66. The van der Waals surface area contributed by atoms with Gasteiger partial charge in [0.05, 0.1) is 0 Å². The molecule has 0 amide bonds. The lowest BCUT2D eigenvalue weighted by atomic mass is 10.1. The highest BCUT2D eigenvalue weighted by Gasteiger charge is 2.17. The first-order valence-corrected chi connectivity index (χ1v) is 6.25. The highest BCUT2D eigenvalue weighted by atomic mass is 32.2. The lowest BCUT2D eigenvalue weighted by Crippen LogP contribution is -2.17. The average Bonchev–Trinajstić information content (AvgIpc) is 2.15. The predicted molar refractivity (Wildman–Crippen MR) is 58.6 cm³/mol. The van der Waals surface area contributed by atoms with E-state index in [9.17, 15) is 13.6 Å². The van der Waals surface area contributed by atoms with Crippen LogP contribution in [-0.4, -0.2) is 28.5 Å². The number of carboxylic acid groups (broad SMARTS) is 1. The second-order valence-electron chi connectivity index (χ2n) is 3.37. The van der Waals surface area contributed by atoms with Crippen LogP contribution in [0.3, 0.4) is 0 Å². The Kier molecular flexibility index (Phi) is 8.76. The summed E-state index contributed by atoms with van der Waals surface area (Å²) in [6.45, 7) is 2.04. The van der Waals surface area contributed by atoms with Crippen molar-refractivity contribution in [1.29, 1.82) is 0 Å². The third-order valence-electron chi connectivity index (χ3n) is 2.00. The zero-order chi connectivity index (χ0) is 11.7. The van der Waals surface area contributed by atoms with Gasteiger partial charge in [0, 0.05) is 6.42 Å². The largest absolute Gasteiger partial charge is 0.480 e. The van der Waals surface area contributed by atoms with Crippen LogP contribution in [0.4, 0.5) is 8.78 Å². The number of alkyl halides is 2. The Morgan fingerprint density at radius 1 is 1.33 bits per heavy atom. The molecule has 1 atom stereocenters. The molecule has 0 bridgehead atoms. The number of carboxylic acids is 1. The smallest absolute Gasteiger partial charge is 0.316 e. The van der Waals surface area contributed by atoms with Crippen LogP contribution in [0.1, 0.15) is 39.0 Å². The first kappa shape index (κ1) is 14.7. The highest BCUT2D eigenvalue weighted by Crippen LogP contribution is 2.20. The van der Waals surface area contributed by atoms with Gasteiger partial charge in [-0.3, -0.25) is 4.79 Å². The first-order chi connectivity index (χ1) is 7.07. The summed E-state index contributed by atoms with van der Waals surface area (Å²) in [5, 5.41) is 8.31. The molecule has 0 radical (unpaired) electrons. The minimum atomic E-state index is -2.33. The third-order valence-corrected chi connectivity index (χ3v) is 3.31. The molecule has 15 heavy (non-hydrogen) atoms. The highest BCUT2D eigenvalue weighted by molar-refractivity contribution is 8.00. The zero-order valence-corrected chi connectivity index (χ0v) is 9.73. The number of aliphatic carboxylic acids is 1. The van der Waals surface area contributed by atoms with Gasteiger partial charge in [-0.2, -0.15) is 0 Å². The first-order valence-electron chi connectivity index (χ1n) is 5.20. The van der Waals surface area contributed by atoms with Crippen molar-refractivity contribution in [2.45, 2.75) is 50.7 Å². The topological polar surface area (TPSA) is 37.3 Å². The van der Waals surface area contributed by atoms with Gasteiger partial charge in [0.1, 0.15) is 5.25 Å². The molecule has 90 valence electrons. The molecule has 0 aliphatic rings. The second kappa shape index (κ2) is 8.95. The standard InChI is InChI=1S/C10H18F2O2S/c1-2-3-4-5-8(10(13)14)15-7-6-9(11)12/h8-9H,2-7H2,1H3,(H,13,14). The van der Waals surface area contributed by atoms with Gasteiger partial charge in [-0.1, -0.05) is 26.2 Å². The van der Waals surface area contributed by atoms with Crippen molar-refractivity contribution in [2.75, 3.05) is 5.75 Å². The van der Waals surface area contributed by atoms with Crippen LogP contribution in [-0.2, 0) is 4.79 Å². The maximum Gasteiger partial charge on any atom is 0.316 e. The number of carbonyl (C=O) groups is 1. The van der Waals surface area contributed by atoms with Crippen LogP contribution >= 0.6 is 11.8 Å². The molecule has 0 rings (SSSR count). The van der Waals surface area contributed by atoms with Gasteiger partial charge >= 0.3 is 5.97 Å². The number of thioether (sulfide) groups is 1. The monoisotopic (exact) mass is 240 g/mol. The summed E-state index contributed by atoms with van der Waals surface area (Å²) in [5.41, 5.74) is 0. The van der Waals surface area contributed by atoms with Crippen molar-refractivity contribution in [2.24, 2.45) is 0 Å². The summed E-state index contributed by atoms with van der Waals surface area (Å²) in [6.07, 6.45) is 0.921. The molecule has 0 aliphatic heterocycles. The molecule has 0 aromatic heterocycles. The van der Waals surface area contributed by atoms with Gasteiger partial charge in [-0.05, 0) is 12.2 Å². The number of hydrogen-bond donors (Lipinski definition) is 1. The van der Waals surface area contributed by atoms with E-state index >= 15 is 0 Å². The van der Waals surface area contributed by atoms with E-state index in [0.717, 1.165) is 31.0 Å². The van der Waals surface area contributed by atoms with Crippen LogP contribution in [0, 0.1) is 0 Å². The fourth-order valence-electron chi connectivity index (χ4n) is 1.16. The van der Waals surface area contributed by atoms with Gasteiger partial charge in [0.2, 0.25) is 6.43 Å². The van der Waals surface area contributed by atoms with E-state index in [0.29, 0.717) is 6.42 Å². The van der Waals surface area contributed by atoms with Crippen molar-refractivity contribution in [3.63, 3.8) is 0 Å². The lowest BCUT2D eigenvalue weighted by molar-refractivity contribution is -0.136. The Morgan fingerprint density at radius 2 is 2.00 bits per heavy atom. The zero-order valence-electron chi connectivity index (χ0n) is 8.92. The van der Waals surface area contributed by atoms with Gasteiger partial charge in [-0.25, -0.2) is 8.78 Å². The van der Waals surface area contributed by atoms with E-state index < -0.39 is 17.6 Å². The molecule has 0 aliphatic carbocycles. The Labute approximate surface area is 93.4 Å². The molecular formula is C10H18F2O2S. The van der Waals surface area contributed by atoms with Crippen LogP contribution in [0.15, 0.2) is 0 Å². The molecule has 0 fully saturated rings. The molecule has 0 saturated heterocycles. The summed E-state index contributed by atoms with van der Waals surface area (Å²) in [5.74, 6) is -0.661. The lowest BCUT2D eigenvalue weighted by Gasteiger charge is -2.11. The number of rotatable bonds is 9. The minimum absolute atomic E-state index is 0.220. The SMILES string of the molecule is CCCCCC(SCCC(F)F)C(=O)O. The van der Waals surface area contributed by atoms with E-state index in [1.807, 2.05) is 6.92 Å². The van der Waals surface area contributed by atoms with E-state index in [2.05, 4.69) is 0 Å². The Balaban J connectivity index is 3.69. The van der Waals surface area contributed by atoms with Crippen molar-refractivity contribution < 1.29 is 18.7 Å². The fourth-order valence-corrected chi connectivity index (χ4v) is 2.23. The van der Waals surface area contributed by atoms with Gasteiger partial charge in [0.15, 0.2) is 0 Å². The Bertz CT molecular complexity index is 177. The molecule has 2 nitrogen and oxygen atoms in total. The molecule has 1 unspecified atom stereocenters. The quantitative estimate of drug-likeness (QED) is 0.627. The van der Waals surface area contributed by atoms with E-state index in [4.69, 9.17) is 5.11 Å². The second-order valence-corrected chi connectivity index (χ2v) is 4.68. The molecule has 5 heteroatoms. The number of halogens is 2. The van der Waals surface area contributed by atoms with Crippen LogP contribution < -0.4 is 0 Å². The molecule has 0 spiro atoms. The summed E-state index contributed by atoms with van der Waals surface area (Å²) in [7, 11) is 0. The fraction of sp³-hybridized carbons (Fsp3) is 0.900. The average molecular weight is 240 g/mol. The van der Waals surface area contributed by atoms with Gasteiger partial charge in [-0.15, -0.1) is 11.8 Å². The van der Waals surface area contributed by atoms with E-state index in [1.54, 1.807) is 0 Å². The van der Waals surface area contributed by atoms with Gasteiger partial charge < -0.3 is 5.11 Å². The Morgan fingerprint density at radius 3 is 2.47 bits per heavy atom. The van der Waals surface area contributed by atoms with Crippen molar-refractivity contribution >= 4 is 17.7 Å². The Hall–Kier alpha value is -0.320. The molecular weight excluding hydrogens is 222 g/mol. The predicted octanol–water partition coefficient (Wildman–Crippen LogP) is 3.41. The summed E-state index contributed by atoms with van der Waals surface area (Å²) in [4.78, 5) is 10.8. The van der Waals surface area contributed by atoms with Crippen molar-refractivity contribution in [1.82, 2.24) is 0 Å². The maximum atomic E-state index is 11.8. The van der Waals surface area contributed by atoms with Gasteiger partial charge in [0.25, 0.3) is 0 Å². The van der Waals surface area contributed by atoms with Crippen LogP contribution in [0.2, 0.25) is 0 Å². The molecule has 0 aromatic rings.